The summed E-state index contributed by atoms with van der Waals surface area (Å²) in [5.41, 5.74) is 1.04. The molecule has 0 aliphatic carbocycles. The predicted molar refractivity (Wildman–Crippen MR) is 139 cm³/mol. The van der Waals surface area contributed by atoms with E-state index >= 15 is 0 Å². The number of aliphatic hydroxyl groups is 2. The molecule has 3 atom stereocenters. The third kappa shape index (κ3) is 8.96. The fourth-order valence-electron chi connectivity index (χ4n) is 4.31. The molecule has 0 saturated carbocycles. The molecular formula is C28H41N3O5. The van der Waals surface area contributed by atoms with Gasteiger partial charge in [0.05, 0.1) is 6.10 Å². The van der Waals surface area contributed by atoms with Crippen molar-refractivity contribution in [2.24, 2.45) is 5.41 Å². The molecule has 1 aromatic rings. The first kappa shape index (κ1) is 29.3. The van der Waals surface area contributed by atoms with Crippen molar-refractivity contribution in [3.05, 3.63) is 35.4 Å². The Kier molecular flexibility index (Phi) is 11.4. The van der Waals surface area contributed by atoms with E-state index in [1.165, 1.54) is 4.90 Å². The smallest absolute Gasteiger partial charge is 0.246 e. The Morgan fingerprint density at radius 2 is 1.75 bits per heavy atom. The lowest BCUT2D eigenvalue weighted by Gasteiger charge is -2.35. The molecule has 1 saturated heterocycles. The number of carbonyl (C=O) groups is 3. The van der Waals surface area contributed by atoms with E-state index in [1.807, 2.05) is 32.9 Å². The minimum absolute atomic E-state index is 0.0428. The molecule has 4 N–H and O–H groups in total. The van der Waals surface area contributed by atoms with Crippen LogP contribution in [-0.4, -0.2) is 64.2 Å². The zero-order valence-electron chi connectivity index (χ0n) is 21.8. The van der Waals surface area contributed by atoms with Gasteiger partial charge in [-0.25, -0.2) is 0 Å². The van der Waals surface area contributed by atoms with Crippen LogP contribution in [0, 0.1) is 17.8 Å². The molecule has 1 heterocycles. The molecule has 3 amide bonds. The highest BCUT2D eigenvalue weighted by Gasteiger charge is 2.44. The van der Waals surface area contributed by atoms with Crippen LogP contribution < -0.4 is 10.6 Å². The summed E-state index contributed by atoms with van der Waals surface area (Å²) in [4.78, 5) is 40.6. The van der Waals surface area contributed by atoms with Gasteiger partial charge in [0.25, 0.3) is 0 Å². The topological polar surface area (TPSA) is 119 Å². The normalized spacial score (nSPS) is 18.4. The van der Waals surface area contributed by atoms with Crippen molar-refractivity contribution < 1.29 is 24.6 Å². The van der Waals surface area contributed by atoms with Crippen molar-refractivity contribution >= 4 is 17.7 Å². The van der Waals surface area contributed by atoms with Gasteiger partial charge < -0.3 is 25.7 Å². The molecule has 0 spiro atoms. The highest BCUT2D eigenvalue weighted by molar-refractivity contribution is 5.93. The summed E-state index contributed by atoms with van der Waals surface area (Å²) in [5, 5.41) is 24.9. The molecule has 0 aromatic heterocycles. The highest BCUT2D eigenvalue weighted by atomic mass is 16.3. The number of likely N-dealkylation sites (tertiary alicyclic amines) is 1. The molecule has 0 unspecified atom stereocenters. The Bertz CT molecular complexity index is 917. The lowest BCUT2D eigenvalue weighted by molar-refractivity contribution is -0.144. The molecule has 2 rings (SSSR count). The molecule has 1 aromatic carbocycles. The van der Waals surface area contributed by atoms with Crippen LogP contribution in [0.3, 0.4) is 0 Å². The van der Waals surface area contributed by atoms with Crippen molar-refractivity contribution in [2.75, 3.05) is 13.2 Å². The first-order valence-electron chi connectivity index (χ1n) is 12.8. The fourth-order valence-corrected chi connectivity index (χ4v) is 4.31. The standard InChI is InChI=1S/C28H41N3O5/c1-5-20-12-14-21(15-13-20)18-29-26(35)23-17-22(33)19-31(23)27(36)25(28(2,3)4)30-24(34)11-9-7-6-8-10-16-32/h1,12-15,22-23,25,32-33H,6-11,16-19H2,2-4H3,(H,29,35)(H,30,34)/t22-,23+,25-/m1/s1. The van der Waals surface area contributed by atoms with E-state index in [9.17, 15) is 19.5 Å². The summed E-state index contributed by atoms with van der Waals surface area (Å²) in [7, 11) is 0. The number of hydrogen-bond acceptors (Lipinski definition) is 5. The molecule has 36 heavy (non-hydrogen) atoms. The molecular weight excluding hydrogens is 458 g/mol. The van der Waals surface area contributed by atoms with Gasteiger partial charge in [-0.3, -0.25) is 14.4 Å². The van der Waals surface area contributed by atoms with Crippen LogP contribution in [0.15, 0.2) is 24.3 Å². The Morgan fingerprint density at radius 1 is 1.11 bits per heavy atom. The molecule has 0 bridgehead atoms. The van der Waals surface area contributed by atoms with Crippen LogP contribution in [0.4, 0.5) is 0 Å². The summed E-state index contributed by atoms with van der Waals surface area (Å²) in [5.74, 6) is 1.63. The number of benzene rings is 1. The largest absolute Gasteiger partial charge is 0.396 e. The number of terminal acetylenes is 1. The van der Waals surface area contributed by atoms with E-state index in [4.69, 9.17) is 11.5 Å². The minimum Gasteiger partial charge on any atom is -0.396 e. The summed E-state index contributed by atoms with van der Waals surface area (Å²) in [6, 6.07) is 5.62. The van der Waals surface area contributed by atoms with Gasteiger partial charge in [-0.15, -0.1) is 6.42 Å². The quantitative estimate of drug-likeness (QED) is 0.259. The molecule has 198 valence electrons. The van der Waals surface area contributed by atoms with E-state index in [0.29, 0.717) is 12.8 Å². The summed E-state index contributed by atoms with van der Waals surface area (Å²) in [6.07, 6.45) is 9.26. The second-order valence-corrected chi connectivity index (χ2v) is 10.6. The van der Waals surface area contributed by atoms with Gasteiger partial charge in [-0.05, 0) is 36.0 Å². The van der Waals surface area contributed by atoms with E-state index in [1.54, 1.807) is 12.1 Å². The van der Waals surface area contributed by atoms with Crippen LogP contribution in [0.2, 0.25) is 0 Å². The van der Waals surface area contributed by atoms with Gasteiger partial charge >= 0.3 is 0 Å². The number of β-amino-alcohol motifs (C(OH)–C–C–N with tert-alkyl or cyclic N) is 1. The number of amides is 3. The Labute approximate surface area is 214 Å². The minimum atomic E-state index is -0.823. The first-order chi connectivity index (χ1) is 17.1. The van der Waals surface area contributed by atoms with Crippen LogP contribution in [-0.2, 0) is 20.9 Å². The molecule has 8 heteroatoms. The maximum absolute atomic E-state index is 13.6. The lowest BCUT2D eigenvalue weighted by Crippen LogP contribution is -2.57. The summed E-state index contributed by atoms with van der Waals surface area (Å²) < 4.78 is 0. The van der Waals surface area contributed by atoms with Crippen molar-refractivity contribution in [3.63, 3.8) is 0 Å². The monoisotopic (exact) mass is 499 g/mol. The van der Waals surface area contributed by atoms with Gasteiger partial charge in [0, 0.05) is 38.1 Å². The average molecular weight is 500 g/mol. The van der Waals surface area contributed by atoms with Gasteiger partial charge in [0.15, 0.2) is 0 Å². The predicted octanol–water partition coefficient (Wildman–Crippen LogP) is 2.11. The molecule has 1 aliphatic heterocycles. The van der Waals surface area contributed by atoms with E-state index in [-0.39, 0.29) is 43.8 Å². The van der Waals surface area contributed by atoms with Crippen LogP contribution in [0.5, 0.6) is 0 Å². The Hall–Kier alpha value is -2.89. The van der Waals surface area contributed by atoms with Gasteiger partial charge in [0.2, 0.25) is 17.7 Å². The van der Waals surface area contributed by atoms with Crippen molar-refractivity contribution in [1.29, 1.82) is 0 Å². The zero-order valence-corrected chi connectivity index (χ0v) is 21.8. The van der Waals surface area contributed by atoms with Gasteiger partial charge in [-0.2, -0.15) is 0 Å². The molecule has 0 radical (unpaired) electrons. The van der Waals surface area contributed by atoms with E-state index in [0.717, 1.165) is 36.8 Å². The van der Waals surface area contributed by atoms with Crippen molar-refractivity contribution in [2.45, 2.75) is 90.4 Å². The second kappa shape index (κ2) is 14.0. The van der Waals surface area contributed by atoms with E-state index < -0.39 is 23.6 Å². The number of rotatable bonds is 12. The number of nitrogens with zero attached hydrogens (tertiary/aromatic N) is 1. The maximum Gasteiger partial charge on any atom is 0.246 e. The van der Waals surface area contributed by atoms with Crippen LogP contribution >= 0.6 is 0 Å². The third-order valence-electron chi connectivity index (χ3n) is 6.43. The number of aliphatic hydroxyl groups excluding tert-OH is 2. The van der Waals surface area contributed by atoms with Gasteiger partial charge in [-0.1, -0.05) is 58.1 Å². The molecule has 1 fully saturated rings. The van der Waals surface area contributed by atoms with Crippen LogP contribution in [0.1, 0.15) is 76.8 Å². The number of nitrogens with one attached hydrogen (secondary N) is 2. The number of hydrogen-bond donors (Lipinski definition) is 4. The highest BCUT2D eigenvalue weighted by Crippen LogP contribution is 2.26. The van der Waals surface area contributed by atoms with Gasteiger partial charge in [0.1, 0.15) is 12.1 Å². The first-order valence-corrected chi connectivity index (χ1v) is 12.8. The SMILES string of the molecule is C#Cc1ccc(CNC(=O)[C@@H]2C[C@@H](O)CN2C(=O)[C@@H](NC(=O)CCCCCCCO)C(C)(C)C)cc1. The second-order valence-electron chi connectivity index (χ2n) is 10.6. The lowest BCUT2D eigenvalue weighted by atomic mass is 9.85. The Morgan fingerprint density at radius 3 is 2.36 bits per heavy atom. The molecule has 1 aliphatic rings. The maximum atomic E-state index is 13.6. The fraction of sp³-hybridized carbons (Fsp3) is 0.607. The van der Waals surface area contributed by atoms with Crippen molar-refractivity contribution in [3.8, 4) is 12.3 Å². The van der Waals surface area contributed by atoms with Crippen molar-refractivity contribution in [1.82, 2.24) is 15.5 Å². The third-order valence-corrected chi connectivity index (χ3v) is 6.43. The Balaban J connectivity index is 2.00. The average Bonchev–Trinajstić information content (AvgIpc) is 3.24. The number of unbranched alkanes of at least 4 members (excludes halogenated alkanes) is 4. The summed E-state index contributed by atoms with van der Waals surface area (Å²) in [6.45, 7) is 6.10. The van der Waals surface area contributed by atoms with Crippen LogP contribution in [0.25, 0.3) is 0 Å². The molecule has 8 nitrogen and oxygen atoms in total. The summed E-state index contributed by atoms with van der Waals surface area (Å²) >= 11 is 0. The van der Waals surface area contributed by atoms with E-state index in [2.05, 4.69) is 16.6 Å². The number of carbonyl (C=O) groups excluding carboxylic acids is 3. The zero-order chi connectivity index (χ0) is 26.7.